The lowest BCUT2D eigenvalue weighted by molar-refractivity contribution is 0.109. The molecule has 2 aromatic rings. The molecule has 0 aromatic heterocycles. The molecule has 6 heteroatoms. The Hall–Kier alpha value is -2.60. The predicted octanol–water partition coefficient (Wildman–Crippen LogP) is 3.81. The van der Waals surface area contributed by atoms with Gasteiger partial charge >= 0.3 is 0 Å². The lowest BCUT2D eigenvalue weighted by Gasteiger charge is -2.19. The molecule has 0 saturated heterocycles. The van der Waals surface area contributed by atoms with Crippen molar-refractivity contribution in [2.24, 2.45) is 5.18 Å². The Morgan fingerprint density at radius 1 is 0.957 bits per heavy atom. The summed E-state index contributed by atoms with van der Waals surface area (Å²) in [6.07, 6.45) is 0. The first-order valence-electron chi connectivity index (χ1n) is 7.09. The second kappa shape index (κ2) is 6.26. The molecule has 0 saturated carbocycles. The van der Waals surface area contributed by atoms with Crippen LogP contribution in [0.1, 0.15) is 11.1 Å². The molecule has 0 aliphatic carbocycles. The van der Waals surface area contributed by atoms with Crippen LogP contribution in [0.4, 0.5) is 5.69 Å². The second-order valence-corrected chi connectivity index (χ2v) is 5.10. The van der Waals surface area contributed by atoms with Gasteiger partial charge in [-0.3, -0.25) is 0 Å². The molecule has 0 spiro atoms. The Balaban J connectivity index is 2.32. The van der Waals surface area contributed by atoms with Crippen LogP contribution in [0.5, 0.6) is 17.2 Å². The van der Waals surface area contributed by atoms with Crippen molar-refractivity contribution >= 4 is 5.69 Å². The van der Waals surface area contributed by atoms with Crippen molar-refractivity contribution in [3.8, 4) is 28.4 Å². The number of ether oxygens (including phenoxy) is 4. The van der Waals surface area contributed by atoms with Gasteiger partial charge in [0.25, 0.3) is 0 Å². The van der Waals surface area contributed by atoms with Gasteiger partial charge in [0, 0.05) is 5.56 Å². The maximum absolute atomic E-state index is 10.8. The van der Waals surface area contributed by atoms with Crippen LogP contribution in [0.25, 0.3) is 11.1 Å². The zero-order chi connectivity index (χ0) is 16.4. The molecule has 2 aromatic carbocycles. The van der Waals surface area contributed by atoms with E-state index in [9.17, 15) is 4.91 Å². The van der Waals surface area contributed by atoms with Crippen LogP contribution >= 0.6 is 0 Å². The topological polar surface area (TPSA) is 66.3 Å². The lowest BCUT2D eigenvalue weighted by Crippen LogP contribution is -2.00. The van der Waals surface area contributed by atoms with Gasteiger partial charge in [-0.25, -0.2) is 0 Å². The molecule has 1 aliphatic rings. The van der Waals surface area contributed by atoms with E-state index < -0.39 is 0 Å². The monoisotopic (exact) mass is 315 g/mol. The molecule has 0 bridgehead atoms. The molecular weight excluding hydrogens is 298 g/mol. The van der Waals surface area contributed by atoms with E-state index in [4.69, 9.17) is 18.9 Å². The number of nitroso groups, excluding NO2 is 1. The highest BCUT2D eigenvalue weighted by molar-refractivity contribution is 5.82. The average Bonchev–Trinajstić information content (AvgIpc) is 2.78. The summed E-state index contributed by atoms with van der Waals surface area (Å²) < 4.78 is 22.2. The van der Waals surface area contributed by atoms with Crippen molar-refractivity contribution in [3.63, 3.8) is 0 Å². The summed E-state index contributed by atoms with van der Waals surface area (Å²) in [5.41, 5.74) is 4.00. The number of methoxy groups -OCH3 is 3. The first-order valence-corrected chi connectivity index (χ1v) is 7.09. The van der Waals surface area contributed by atoms with Gasteiger partial charge in [0.2, 0.25) is 5.75 Å². The number of fused-ring (bicyclic) bond motifs is 3. The molecule has 0 unspecified atom stereocenters. The van der Waals surface area contributed by atoms with Crippen molar-refractivity contribution in [2.45, 2.75) is 13.2 Å². The van der Waals surface area contributed by atoms with Crippen LogP contribution < -0.4 is 14.2 Å². The van der Waals surface area contributed by atoms with E-state index in [2.05, 4.69) is 5.18 Å². The third kappa shape index (κ3) is 2.51. The van der Waals surface area contributed by atoms with Gasteiger partial charge in [-0.2, -0.15) is 0 Å². The van der Waals surface area contributed by atoms with Crippen molar-refractivity contribution in [1.29, 1.82) is 0 Å². The fourth-order valence-electron chi connectivity index (χ4n) is 2.89. The molecule has 120 valence electrons. The summed E-state index contributed by atoms with van der Waals surface area (Å²) >= 11 is 0. The van der Waals surface area contributed by atoms with Crippen molar-refractivity contribution < 1.29 is 18.9 Å². The minimum Gasteiger partial charge on any atom is -0.493 e. The molecule has 23 heavy (non-hydrogen) atoms. The van der Waals surface area contributed by atoms with Gasteiger partial charge < -0.3 is 18.9 Å². The molecular formula is C17H17NO5. The smallest absolute Gasteiger partial charge is 0.203 e. The molecule has 1 heterocycles. The fourth-order valence-corrected chi connectivity index (χ4v) is 2.89. The van der Waals surface area contributed by atoms with Gasteiger partial charge in [-0.15, -0.1) is 4.91 Å². The highest BCUT2D eigenvalue weighted by Crippen LogP contribution is 2.49. The largest absolute Gasteiger partial charge is 0.493 e. The van der Waals surface area contributed by atoms with Crippen LogP contribution in [0.2, 0.25) is 0 Å². The summed E-state index contributed by atoms with van der Waals surface area (Å²) in [5.74, 6) is 1.70. The zero-order valence-corrected chi connectivity index (χ0v) is 13.2. The predicted molar refractivity (Wildman–Crippen MR) is 85.5 cm³/mol. The molecule has 0 radical (unpaired) electrons. The van der Waals surface area contributed by atoms with Crippen molar-refractivity contribution in [1.82, 2.24) is 0 Å². The van der Waals surface area contributed by atoms with Crippen molar-refractivity contribution in [2.75, 3.05) is 21.3 Å². The number of hydrogen-bond donors (Lipinski definition) is 0. The number of nitrogens with zero attached hydrogens (tertiary/aromatic N) is 1. The minimum atomic E-state index is 0.371. The molecule has 0 fully saturated rings. The molecule has 0 atom stereocenters. The normalized spacial score (nSPS) is 12.7. The second-order valence-electron chi connectivity index (χ2n) is 5.10. The van der Waals surface area contributed by atoms with Gasteiger partial charge in [-0.1, -0.05) is 6.07 Å². The van der Waals surface area contributed by atoms with Gasteiger partial charge in [0.05, 0.1) is 34.5 Å². The van der Waals surface area contributed by atoms with Gasteiger partial charge in [-0.05, 0) is 40.1 Å². The van der Waals surface area contributed by atoms with E-state index in [-0.39, 0.29) is 0 Å². The number of hydrogen-bond acceptors (Lipinski definition) is 6. The van der Waals surface area contributed by atoms with E-state index in [1.807, 2.05) is 12.1 Å². The Labute approximate surface area is 133 Å². The number of benzene rings is 2. The third-order valence-corrected chi connectivity index (χ3v) is 3.89. The summed E-state index contributed by atoms with van der Waals surface area (Å²) in [7, 11) is 4.74. The summed E-state index contributed by atoms with van der Waals surface area (Å²) in [6.45, 7) is 0.797. The molecule has 6 nitrogen and oxygen atoms in total. The Bertz CT molecular complexity index is 757. The summed E-state index contributed by atoms with van der Waals surface area (Å²) in [4.78, 5) is 10.8. The quantitative estimate of drug-likeness (QED) is 0.803. The van der Waals surface area contributed by atoms with Gasteiger partial charge in [0.15, 0.2) is 11.5 Å². The first-order chi connectivity index (χ1) is 11.2. The van der Waals surface area contributed by atoms with E-state index >= 15 is 0 Å². The van der Waals surface area contributed by atoms with Crippen LogP contribution in [0.15, 0.2) is 29.4 Å². The van der Waals surface area contributed by atoms with Crippen LogP contribution in [0.3, 0.4) is 0 Å². The Morgan fingerprint density at radius 3 is 2.35 bits per heavy atom. The first kappa shape index (κ1) is 15.3. The lowest BCUT2D eigenvalue weighted by atomic mass is 9.94. The average molecular weight is 315 g/mol. The third-order valence-electron chi connectivity index (χ3n) is 3.89. The highest BCUT2D eigenvalue weighted by Gasteiger charge is 2.25. The Morgan fingerprint density at radius 2 is 1.70 bits per heavy atom. The summed E-state index contributed by atoms with van der Waals surface area (Å²) in [6, 6.07) is 7.15. The van der Waals surface area contributed by atoms with E-state index in [0.717, 1.165) is 22.3 Å². The molecule has 0 N–H and O–H groups in total. The molecule has 0 amide bonds. The van der Waals surface area contributed by atoms with Crippen LogP contribution in [0, 0.1) is 4.91 Å². The van der Waals surface area contributed by atoms with Crippen LogP contribution in [-0.2, 0) is 18.0 Å². The van der Waals surface area contributed by atoms with Crippen LogP contribution in [-0.4, -0.2) is 21.3 Å². The number of rotatable bonds is 4. The fraction of sp³-hybridized carbons (Fsp3) is 0.294. The standard InChI is InChI=1S/C17H17NO5/c1-20-14-7-11-9-23-8-10-6-12(18-19)4-5-13(10)15(11)17(22-3)16(14)21-2/h4-7H,8-9H2,1-3H3. The minimum absolute atomic E-state index is 0.371. The van der Waals surface area contributed by atoms with Crippen molar-refractivity contribution in [3.05, 3.63) is 40.3 Å². The Kier molecular flexibility index (Phi) is 4.16. The SMILES string of the molecule is COc1cc2c(c(OC)c1OC)-c1ccc(N=O)cc1COC2. The molecule has 1 aliphatic heterocycles. The summed E-state index contributed by atoms with van der Waals surface area (Å²) in [5, 5.41) is 2.99. The highest BCUT2D eigenvalue weighted by atomic mass is 16.5. The van der Waals surface area contributed by atoms with Gasteiger partial charge in [0.1, 0.15) is 5.69 Å². The van der Waals surface area contributed by atoms with E-state index in [1.165, 1.54) is 0 Å². The molecule has 3 rings (SSSR count). The maximum atomic E-state index is 10.8. The van der Waals surface area contributed by atoms with E-state index in [0.29, 0.717) is 36.1 Å². The maximum Gasteiger partial charge on any atom is 0.203 e. The van der Waals surface area contributed by atoms with E-state index in [1.54, 1.807) is 33.5 Å². The zero-order valence-electron chi connectivity index (χ0n) is 13.2.